The van der Waals surface area contributed by atoms with E-state index in [2.05, 4.69) is 42.4 Å². The first-order chi connectivity index (χ1) is 10.9. The number of thioether (sulfide) groups is 1. The Labute approximate surface area is 141 Å². The average Bonchev–Trinajstić information content (AvgIpc) is 3.26. The van der Waals surface area contributed by atoms with Crippen LogP contribution >= 0.6 is 11.8 Å². The van der Waals surface area contributed by atoms with Gasteiger partial charge in [-0.2, -0.15) is 0 Å². The highest BCUT2D eigenvalue weighted by molar-refractivity contribution is 8.00. The average molecular weight is 335 g/mol. The third kappa shape index (κ3) is 3.76. The minimum atomic E-state index is -0.164. The van der Waals surface area contributed by atoms with Crippen LogP contribution < -0.4 is 0 Å². The Kier molecular flexibility index (Phi) is 4.49. The van der Waals surface area contributed by atoms with Gasteiger partial charge in [0.2, 0.25) is 11.1 Å². The van der Waals surface area contributed by atoms with Crippen molar-refractivity contribution in [3.05, 3.63) is 11.6 Å². The molecule has 23 heavy (non-hydrogen) atoms. The lowest BCUT2D eigenvalue weighted by Crippen LogP contribution is -2.40. The molecule has 1 aromatic heterocycles. The predicted octanol–water partition coefficient (Wildman–Crippen LogP) is 2.69. The first kappa shape index (κ1) is 16.5. The molecule has 1 aromatic rings. The lowest BCUT2D eigenvalue weighted by atomic mass is 9.83. The fourth-order valence-corrected chi connectivity index (χ4v) is 3.77. The predicted molar refractivity (Wildman–Crippen MR) is 90.1 cm³/mol. The van der Waals surface area contributed by atoms with E-state index in [4.69, 9.17) is 0 Å². The Hall–Kier alpha value is -1.37. The third-order valence-electron chi connectivity index (χ3n) is 4.47. The number of tetrazole rings is 1. The second kappa shape index (κ2) is 6.26. The maximum absolute atomic E-state index is 12.7. The maximum atomic E-state index is 12.7. The Morgan fingerprint density at radius 3 is 2.70 bits per heavy atom. The topological polar surface area (TPSA) is 63.9 Å². The van der Waals surface area contributed by atoms with Crippen molar-refractivity contribution in [1.29, 1.82) is 0 Å². The number of amides is 1. The summed E-state index contributed by atoms with van der Waals surface area (Å²) in [5.41, 5.74) is 1.64. The molecule has 1 aliphatic carbocycles. The van der Waals surface area contributed by atoms with Crippen LogP contribution in [-0.2, 0) is 4.79 Å². The fraction of sp³-hybridized carbons (Fsp3) is 0.750. The molecular weight excluding hydrogens is 310 g/mol. The monoisotopic (exact) mass is 335 g/mol. The molecule has 2 aliphatic rings. The van der Waals surface area contributed by atoms with Gasteiger partial charge in [0.15, 0.2) is 0 Å². The van der Waals surface area contributed by atoms with Gasteiger partial charge in [0.25, 0.3) is 0 Å². The van der Waals surface area contributed by atoms with Crippen LogP contribution in [0, 0.1) is 5.41 Å². The molecule has 0 saturated heterocycles. The molecule has 1 fully saturated rings. The first-order valence-electron chi connectivity index (χ1n) is 8.29. The summed E-state index contributed by atoms with van der Waals surface area (Å²) in [6.07, 6.45) is 5.44. The number of nitrogens with zero attached hydrogens (tertiary/aromatic N) is 5. The first-order valence-corrected chi connectivity index (χ1v) is 9.17. The molecule has 0 aromatic carbocycles. The summed E-state index contributed by atoms with van der Waals surface area (Å²) in [4.78, 5) is 14.6. The molecule has 1 saturated carbocycles. The summed E-state index contributed by atoms with van der Waals surface area (Å²) in [5, 5.41) is 12.5. The summed E-state index contributed by atoms with van der Waals surface area (Å²) in [7, 11) is 0. The van der Waals surface area contributed by atoms with Gasteiger partial charge >= 0.3 is 0 Å². The zero-order valence-corrected chi connectivity index (χ0v) is 15.1. The van der Waals surface area contributed by atoms with Crippen LogP contribution in [-0.4, -0.2) is 49.4 Å². The Balaban J connectivity index is 1.60. The highest BCUT2D eigenvalue weighted by atomic mass is 32.2. The van der Waals surface area contributed by atoms with E-state index in [1.54, 1.807) is 0 Å². The largest absolute Gasteiger partial charge is 0.338 e. The third-order valence-corrected chi connectivity index (χ3v) is 5.50. The van der Waals surface area contributed by atoms with Gasteiger partial charge in [-0.15, -0.1) is 5.10 Å². The quantitative estimate of drug-likeness (QED) is 0.625. The van der Waals surface area contributed by atoms with Crippen LogP contribution in [0.5, 0.6) is 0 Å². The van der Waals surface area contributed by atoms with Crippen molar-refractivity contribution < 1.29 is 4.79 Å². The summed E-state index contributed by atoms with van der Waals surface area (Å²) in [5.74, 6) is 0.171. The molecule has 0 bridgehead atoms. The van der Waals surface area contributed by atoms with Crippen LogP contribution in [0.1, 0.15) is 53.0 Å². The van der Waals surface area contributed by atoms with E-state index in [9.17, 15) is 4.79 Å². The van der Waals surface area contributed by atoms with Crippen LogP contribution in [0.4, 0.5) is 0 Å². The molecule has 1 amide bonds. The van der Waals surface area contributed by atoms with Crippen molar-refractivity contribution in [2.75, 3.05) is 13.1 Å². The van der Waals surface area contributed by atoms with E-state index in [-0.39, 0.29) is 16.6 Å². The van der Waals surface area contributed by atoms with E-state index >= 15 is 0 Å². The molecule has 0 radical (unpaired) electrons. The molecule has 1 atom stereocenters. The van der Waals surface area contributed by atoms with Gasteiger partial charge in [0.1, 0.15) is 0 Å². The molecule has 0 spiro atoms. The summed E-state index contributed by atoms with van der Waals surface area (Å²) in [6.45, 7) is 10.2. The maximum Gasteiger partial charge on any atom is 0.236 e. The van der Waals surface area contributed by atoms with E-state index in [0.29, 0.717) is 12.6 Å². The smallest absolute Gasteiger partial charge is 0.236 e. The summed E-state index contributed by atoms with van der Waals surface area (Å²) < 4.78 is 1.86. The van der Waals surface area contributed by atoms with E-state index < -0.39 is 0 Å². The minimum absolute atomic E-state index is 0.164. The van der Waals surface area contributed by atoms with Crippen molar-refractivity contribution in [3.63, 3.8) is 0 Å². The Bertz CT molecular complexity index is 614. The molecule has 6 nitrogen and oxygen atoms in total. The van der Waals surface area contributed by atoms with E-state index in [0.717, 1.165) is 31.0 Å². The molecule has 2 heterocycles. The molecule has 0 unspecified atom stereocenters. The van der Waals surface area contributed by atoms with E-state index in [1.165, 1.54) is 17.3 Å². The second-order valence-corrected chi connectivity index (χ2v) is 8.72. The van der Waals surface area contributed by atoms with E-state index in [1.807, 2.05) is 16.5 Å². The summed E-state index contributed by atoms with van der Waals surface area (Å²) >= 11 is 1.47. The Morgan fingerprint density at radius 1 is 1.39 bits per heavy atom. The molecule has 1 aliphatic heterocycles. The zero-order valence-electron chi connectivity index (χ0n) is 14.3. The highest BCUT2D eigenvalue weighted by Crippen LogP contribution is 2.37. The second-order valence-electron chi connectivity index (χ2n) is 7.41. The number of rotatable bonds is 4. The van der Waals surface area contributed by atoms with Crippen LogP contribution in [0.15, 0.2) is 16.8 Å². The minimum Gasteiger partial charge on any atom is -0.338 e. The van der Waals surface area contributed by atoms with Gasteiger partial charge in [-0.05, 0) is 42.0 Å². The van der Waals surface area contributed by atoms with Crippen molar-refractivity contribution in [2.24, 2.45) is 5.41 Å². The number of carbonyl (C=O) groups excluding carboxylic acids is 1. The lowest BCUT2D eigenvalue weighted by molar-refractivity contribution is -0.130. The highest BCUT2D eigenvalue weighted by Gasteiger charge is 2.31. The van der Waals surface area contributed by atoms with Gasteiger partial charge in [0.05, 0.1) is 11.3 Å². The van der Waals surface area contributed by atoms with Crippen LogP contribution in [0.2, 0.25) is 0 Å². The number of carbonyl (C=O) groups is 1. The van der Waals surface area contributed by atoms with Crippen molar-refractivity contribution in [3.8, 4) is 0 Å². The SMILES string of the molecule is C[C@@H](Sc1nnnn1C1CC1)C(=O)N1CC=C(C(C)(C)C)CC1. The molecule has 3 rings (SSSR count). The van der Waals surface area contributed by atoms with Gasteiger partial charge < -0.3 is 4.90 Å². The van der Waals surface area contributed by atoms with Crippen LogP contribution in [0.25, 0.3) is 0 Å². The zero-order chi connectivity index (χ0) is 16.6. The van der Waals surface area contributed by atoms with Gasteiger partial charge in [0, 0.05) is 13.1 Å². The molecular formula is C16H25N5OS. The molecule has 7 heteroatoms. The van der Waals surface area contributed by atoms with Gasteiger partial charge in [-0.25, -0.2) is 4.68 Å². The lowest BCUT2D eigenvalue weighted by Gasteiger charge is -2.33. The standard InChI is InChI=1S/C16H25N5OS/c1-11(23-15-17-18-19-21(15)13-5-6-13)14(22)20-9-7-12(8-10-20)16(2,3)4/h7,11,13H,5-6,8-10H2,1-4H3/t11-/m1/s1. The van der Waals surface area contributed by atoms with Crippen molar-refractivity contribution >= 4 is 17.7 Å². The Morgan fingerprint density at radius 2 is 2.13 bits per heavy atom. The van der Waals surface area contributed by atoms with Gasteiger partial charge in [-0.3, -0.25) is 4.79 Å². The van der Waals surface area contributed by atoms with Crippen LogP contribution in [0.3, 0.4) is 0 Å². The summed E-state index contributed by atoms with van der Waals surface area (Å²) in [6, 6.07) is 0.432. The normalized spacial score (nSPS) is 20.3. The van der Waals surface area contributed by atoms with Gasteiger partial charge in [-0.1, -0.05) is 44.2 Å². The molecule has 0 N–H and O–H groups in total. The number of hydrogen-bond acceptors (Lipinski definition) is 5. The number of aromatic nitrogens is 4. The number of hydrogen-bond donors (Lipinski definition) is 0. The fourth-order valence-electron chi connectivity index (χ4n) is 2.83. The molecule has 126 valence electrons. The van der Waals surface area contributed by atoms with Crippen molar-refractivity contribution in [2.45, 2.75) is 63.4 Å². The van der Waals surface area contributed by atoms with Crippen molar-refractivity contribution in [1.82, 2.24) is 25.1 Å².